The zero-order valence-corrected chi connectivity index (χ0v) is 23.4. The fourth-order valence-corrected chi connectivity index (χ4v) is 4.91. The maximum absolute atomic E-state index is 4.68. The summed E-state index contributed by atoms with van der Waals surface area (Å²) in [5.74, 6) is 2.19. The summed E-state index contributed by atoms with van der Waals surface area (Å²) in [7, 11) is 0. The number of hydrogen-bond donors (Lipinski definition) is 0. The molecule has 2 heterocycles. The van der Waals surface area contributed by atoms with Crippen molar-refractivity contribution < 1.29 is 0 Å². The largest absolute Gasteiger partial charge is 0.296 e. The van der Waals surface area contributed by atoms with Gasteiger partial charge in [0.1, 0.15) is 11.6 Å². The molecular weight excluding hydrogens is 576 g/mol. The molecule has 0 bridgehead atoms. The van der Waals surface area contributed by atoms with E-state index in [1.54, 1.807) is 0 Å². The molecule has 6 aromatic rings. The molecule has 4 nitrogen and oxygen atoms in total. The van der Waals surface area contributed by atoms with Gasteiger partial charge in [0, 0.05) is 33.2 Å². The second-order valence-electron chi connectivity index (χ2n) is 8.36. The first-order valence-electron chi connectivity index (χ1n) is 12.0. The number of rotatable bonds is 4. The number of benzene rings is 4. The normalized spacial score (nSPS) is 11.0. The predicted octanol–water partition coefficient (Wildman–Crippen LogP) is 8.70. The van der Waals surface area contributed by atoms with Crippen LogP contribution in [0.3, 0.4) is 0 Å². The Labute approximate surface area is 227 Å². The van der Waals surface area contributed by atoms with Crippen molar-refractivity contribution in [3.8, 4) is 11.4 Å². The molecule has 0 unspecified atom stereocenters. The number of para-hydroxylation sites is 4. The number of aromatic nitrogens is 4. The van der Waals surface area contributed by atoms with Crippen LogP contribution in [-0.4, -0.2) is 19.1 Å². The highest BCUT2D eigenvalue weighted by atomic mass is 79.9. The number of imidazole rings is 2. The minimum atomic E-state index is 0.921. The standard InChI is InChI=1S/2C15H13BrN2/c2*1-2-15-17-13-5-3-4-6-14(13)18(15)12-9-7-11(16)8-10-12/h2*3-10H,2H2,1H3. The van der Waals surface area contributed by atoms with Gasteiger partial charge in [-0.25, -0.2) is 9.97 Å². The van der Waals surface area contributed by atoms with Crippen LogP contribution in [0, 0.1) is 0 Å². The van der Waals surface area contributed by atoms with E-state index in [2.05, 4.69) is 150 Å². The van der Waals surface area contributed by atoms with Crippen LogP contribution in [0.5, 0.6) is 0 Å². The molecule has 0 aliphatic carbocycles. The van der Waals surface area contributed by atoms with Gasteiger partial charge in [0.2, 0.25) is 0 Å². The van der Waals surface area contributed by atoms with Crippen LogP contribution in [0.4, 0.5) is 0 Å². The Balaban J connectivity index is 0.000000148. The van der Waals surface area contributed by atoms with Crippen LogP contribution in [0.2, 0.25) is 0 Å². The van der Waals surface area contributed by atoms with E-state index in [1.165, 1.54) is 0 Å². The van der Waals surface area contributed by atoms with E-state index in [-0.39, 0.29) is 0 Å². The first-order chi connectivity index (χ1) is 17.6. The van der Waals surface area contributed by atoms with Crippen molar-refractivity contribution in [2.24, 2.45) is 0 Å². The highest BCUT2D eigenvalue weighted by molar-refractivity contribution is 9.10. The van der Waals surface area contributed by atoms with Crippen LogP contribution >= 0.6 is 31.9 Å². The van der Waals surface area contributed by atoms with E-state index in [1.807, 2.05) is 12.1 Å². The number of hydrogen-bond acceptors (Lipinski definition) is 2. The van der Waals surface area contributed by atoms with Crippen LogP contribution in [0.15, 0.2) is 106 Å². The van der Waals surface area contributed by atoms with E-state index in [4.69, 9.17) is 0 Å². The maximum Gasteiger partial charge on any atom is 0.114 e. The van der Waals surface area contributed by atoms with Crippen molar-refractivity contribution in [1.29, 1.82) is 0 Å². The molecule has 0 N–H and O–H groups in total. The van der Waals surface area contributed by atoms with Crippen molar-refractivity contribution in [1.82, 2.24) is 19.1 Å². The molecule has 0 saturated carbocycles. The van der Waals surface area contributed by atoms with Crippen molar-refractivity contribution in [3.63, 3.8) is 0 Å². The lowest BCUT2D eigenvalue weighted by Crippen LogP contribution is -1.99. The molecular formula is C30H26Br2N4. The van der Waals surface area contributed by atoms with Gasteiger partial charge >= 0.3 is 0 Å². The SMILES string of the molecule is CCc1nc2ccccc2n1-c1ccc(Br)cc1.CCc1nc2ccccc2n1-c1ccc(Br)cc1. The molecule has 4 aromatic carbocycles. The molecule has 180 valence electrons. The maximum atomic E-state index is 4.68. The van der Waals surface area contributed by atoms with Gasteiger partial charge in [-0.3, -0.25) is 9.13 Å². The lowest BCUT2D eigenvalue weighted by molar-refractivity contribution is 0.908. The summed E-state index contributed by atoms with van der Waals surface area (Å²) in [5.41, 5.74) is 6.75. The molecule has 0 atom stereocenters. The topological polar surface area (TPSA) is 35.6 Å². The van der Waals surface area contributed by atoms with Crippen LogP contribution < -0.4 is 0 Å². The van der Waals surface area contributed by atoms with Gasteiger partial charge in [-0.1, -0.05) is 70.0 Å². The van der Waals surface area contributed by atoms with Crippen molar-refractivity contribution >= 4 is 53.9 Å². The Morgan fingerprint density at radius 1 is 0.528 bits per heavy atom. The number of halogens is 2. The second kappa shape index (κ2) is 10.8. The van der Waals surface area contributed by atoms with Gasteiger partial charge < -0.3 is 0 Å². The quantitative estimate of drug-likeness (QED) is 0.202. The lowest BCUT2D eigenvalue weighted by Gasteiger charge is -2.08. The van der Waals surface area contributed by atoms with Gasteiger partial charge in [0.25, 0.3) is 0 Å². The van der Waals surface area contributed by atoms with Crippen LogP contribution in [0.1, 0.15) is 25.5 Å². The minimum absolute atomic E-state index is 0.921. The van der Waals surface area contributed by atoms with Gasteiger partial charge in [-0.05, 0) is 72.8 Å². The molecule has 0 aliphatic heterocycles. The highest BCUT2D eigenvalue weighted by Crippen LogP contribution is 2.24. The van der Waals surface area contributed by atoms with E-state index in [9.17, 15) is 0 Å². The van der Waals surface area contributed by atoms with Crippen molar-refractivity contribution in [2.45, 2.75) is 26.7 Å². The fraction of sp³-hybridized carbons (Fsp3) is 0.133. The van der Waals surface area contributed by atoms with Crippen molar-refractivity contribution in [2.75, 3.05) is 0 Å². The van der Waals surface area contributed by atoms with Gasteiger partial charge in [-0.15, -0.1) is 0 Å². The molecule has 6 rings (SSSR count). The first kappa shape index (κ1) is 24.5. The summed E-state index contributed by atoms with van der Waals surface area (Å²) in [5, 5.41) is 0. The lowest BCUT2D eigenvalue weighted by atomic mass is 10.2. The average Bonchev–Trinajstić information content (AvgIpc) is 3.48. The van der Waals surface area contributed by atoms with Gasteiger partial charge in [0.15, 0.2) is 0 Å². The average molecular weight is 602 g/mol. The van der Waals surface area contributed by atoms with E-state index in [0.29, 0.717) is 0 Å². The minimum Gasteiger partial charge on any atom is -0.296 e. The van der Waals surface area contributed by atoms with Gasteiger partial charge in [-0.2, -0.15) is 0 Å². The molecule has 0 aliphatic rings. The van der Waals surface area contributed by atoms with Crippen LogP contribution in [-0.2, 0) is 12.8 Å². The Morgan fingerprint density at radius 3 is 1.25 bits per heavy atom. The Kier molecular flexibility index (Phi) is 7.35. The van der Waals surface area contributed by atoms with E-state index >= 15 is 0 Å². The molecule has 36 heavy (non-hydrogen) atoms. The first-order valence-corrected chi connectivity index (χ1v) is 13.6. The Bertz CT molecular complexity index is 1490. The smallest absolute Gasteiger partial charge is 0.114 e. The summed E-state index contributed by atoms with van der Waals surface area (Å²) >= 11 is 6.94. The third-order valence-corrected chi connectivity index (χ3v) is 7.12. The Morgan fingerprint density at radius 2 is 0.889 bits per heavy atom. The molecule has 0 amide bonds. The Hall–Kier alpha value is -3.22. The summed E-state index contributed by atoms with van der Waals surface area (Å²) < 4.78 is 6.63. The third-order valence-electron chi connectivity index (χ3n) is 6.06. The fourth-order valence-electron chi connectivity index (χ4n) is 4.38. The zero-order valence-electron chi connectivity index (χ0n) is 20.2. The van der Waals surface area contributed by atoms with Crippen molar-refractivity contribution in [3.05, 3.63) is 118 Å². The molecule has 0 radical (unpaired) electrons. The summed E-state index contributed by atoms with van der Waals surface area (Å²) in [4.78, 5) is 9.36. The molecule has 0 spiro atoms. The second-order valence-corrected chi connectivity index (χ2v) is 10.2. The number of fused-ring (bicyclic) bond motifs is 2. The summed E-state index contributed by atoms with van der Waals surface area (Å²) in [6, 6.07) is 33.2. The molecule has 0 fully saturated rings. The predicted molar refractivity (Wildman–Crippen MR) is 156 cm³/mol. The summed E-state index contributed by atoms with van der Waals surface area (Å²) in [6.45, 7) is 4.27. The van der Waals surface area contributed by atoms with Crippen LogP contribution in [0.25, 0.3) is 33.4 Å². The third kappa shape index (κ3) is 4.88. The van der Waals surface area contributed by atoms with E-state index in [0.717, 1.165) is 66.9 Å². The number of nitrogens with zero attached hydrogens (tertiary/aromatic N) is 4. The summed E-state index contributed by atoms with van der Waals surface area (Å²) in [6.07, 6.45) is 1.84. The van der Waals surface area contributed by atoms with E-state index < -0.39 is 0 Å². The monoisotopic (exact) mass is 600 g/mol. The molecule has 2 aromatic heterocycles. The number of aryl methyl sites for hydroxylation is 2. The molecule has 0 saturated heterocycles. The van der Waals surface area contributed by atoms with Gasteiger partial charge in [0.05, 0.1) is 22.1 Å². The molecule has 6 heteroatoms. The highest BCUT2D eigenvalue weighted by Gasteiger charge is 2.11. The zero-order chi connectivity index (χ0) is 25.1.